The van der Waals surface area contributed by atoms with Gasteiger partial charge in [-0.25, -0.2) is 32.8 Å². The Balaban J connectivity index is 0.000000132. The zero-order chi connectivity index (χ0) is 79.0. The Labute approximate surface area is 670 Å². The molecule has 0 fully saturated rings. The van der Waals surface area contributed by atoms with Gasteiger partial charge < -0.3 is 58.6 Å². The fourth-order valence-corrected chi connectivity index (χ4v) is 16.8. The summed E-state index contributed by atoms with van der Waals surface area (Å²) in [6, 6.07) is 23.6. The third-order valence-corrected chi connectivity index (χ3v) is 22.4. The molecule has 14 heterocycles. The number of methoxy groups -OCH3 is 4. The van der Waals surface area contributed by atoms with E-state index in [1.807, 2.05) is 20.1 Å². The SMILES string of the molecule is COC(=O)c1cc(-c2ccn[nH]2)c(OCCCl)s1.COC(=O)c1cc(-c2ccn[nH]2)c(OCCO)s1.COC(=O)c1cc2c(s1)OCCn1ncc(Br)c1-2.COC(=O)c1cc2c(s1)OCCn1nccc1-2.N[C@@H](Cc1ccc(F)c(F)c1)CN1C(=O)c2ccccc2C1=O.O=C(O)c1cc2c(s1)OCCn1ncc(Br)c1-2. The molecule has 111 heavy (non-hydrogen) atoms. The van der Waals surface area contributed by atoms with Gasteiger partial charge in [-0.3, -0.25) is 38.7 Å². The third-order valence-electron chi connectivity index (χ3n) is 15.9. The van der Waals surface area contributed by atoms with Gasteiger partial charge in [-0.1, -0.05) is 74.9 Å². The van der Waals surface area contributed by atoms with Gasteiger partial charge in [-0.15, -0.1) is 11.6 Å². The summed E-state index contributed by atoms with van der Waals surface area (Å²) >= 11 is 18.6. The fourth-order valence-electron chi connectivity index (χ4n) is 11.0. The van der Waals surface area contributed by atoms with Crippen LogP contribution in [0.2, 0.25) is 0 Å². The molecule has 0 bridgehead atoms. The van der Waals surface area contributed by atoms with Crippen LogP contribution >= 0.6 is 100 Å². The highest BCUT2D eigenvalue weighted by molar-refractivity contribution is 9.11. The first-order valence-electron chi connectivity index (χ1n) is 32.8. The maximum Gasteiger partial charge on any atom is 0.348 e. The van der Waals surface area contributed by atoms with Crippen LogP contribution in [-0.2, 0) is 45.0 Å². The van der Waals surface area contributed by atoms with Crippen molar-refractivity contribution < 1.29 is 95.2 Å². The van der Waals surface area contributed by atoms with Crippen LogP contribution in [0, 0.1) is 11.6 Å². The molecule has 6 N–H and O–H groups in total. The number of nitrogens with zero attached hydrogens (tertiary/aromatic N) is 9. The summed E-state index contributed by atoms with van der Waals surface area (Å²) in [5.41, 5.74) is 15.6. The summed E-state index contributed by atoms with van der Waals surface area (Å²) in [5, 5.41) is 47.1. The molecule has 0 saturated carbocycles. The second-order valence-electron chi connectivity index (χ2n) is 23.0. The number of rotatable bonds is 17. The number of thiophene rings is 5. The maximum absolute atomic E-state index is 13.2. The van der Waals surface area contributed by atoms with Crippen LogP contribution in [0.3, 0.4) is 0 Å². The van der Waals surface area contributed by atoms with Gasteiger partial charge in [0.1, 0.15) is 57.4 Å². The first kappa shape index (κ1) is 81.5. The van der Waals surface area contributed by atoms with Gasteiger partial charge in [0, 0.05) is 31.2 Å². The van der Waals surface area contributed by atoms with Gasteiger partial charge in [-0.05, 0) is 117 Å². The number of esters is 4. The highest BCUT2D eigenvalue weighted by Crippen LogP contribution is 2.46. The first-order chi connectivity index (χ1) is 53.6. The molecule has 0 spiro atoms. The molecule has 0 aliphatic carbocycles. The molecule has 0 radical (unpaired) electrons. The molecular weight excluding hydrogens is 1700 g/mol. The van der Waals surface area contributed by atoms with Crippen molar-refractivity contribution in [3.05, 3.63) is 184 Å². The lowest BCUT2D eigenvalue weighted by molar-refractivity contribution is 0.0597. The van der Waals surface area contributed by atoms with Crippen molar-refractivity contribution in [1.29, 1.82) is 0 Å². The van der Waals surface area contributed by atoms with Crippen molar-refractivity contribution in [1.82, 2.24) is 54.6 Å². The number of aromatic nitrogens is 10. The number of aromatic carboxylic acids is 1. The molecule has 10 aromatic heterocycles. The average Bonchev–Trinajstić information content (AvgIpc) is 1.69. The number of aromatic amines is 2. The largest absolute Gasteiger partial charge is 0.482 e. The van der Waals surface area contributed by atoms with Crippen LogP contribution in [0.5, 0.6) is 25.3 Å². The molecule has 0 saturated heterocycles. The van der Waals surface area contributed by atoms with Gasteiger partial charge in [0.05, 0.1) is 149 Å². The Kier molecular flexibility index (Phi) is 27.9. The lowest BCUT2D eigenvalue weighted by Gasteiger charge is -2.19. The fraction of sp³-hybridized carbons (Fsp3) is 0.239. The standard InChI is InChI=1S/C17H14F2N2O2.C11H9BrN2O3S.C11H11ClN2O3S.C11H12N2O4S.C11H10N2O3S.C10H7BrN2O3S/c18-14-6-5-10(8-15(14)19)7-11(20)9-21-16(22)12-3-1-2-4-13(12)17(21)23;1-16-10(15)8-4-6-9-7(12)5-13-14(9)2-3-17-11(6)18-8;1-16-10(15)9-6-7(8-2-4-13-14-8)11(18-9)17-5-3-12;1-16-10(15)9-6-7(8-2-3-12-13-8)11(18-9)17-5-4-14;1-15-10(14)9-6-7-8-2-3-12-13(8)4-5-16-11(7)17-9;11-6-4-12-13-1-2-16-10-5(8(6)13)3-7(17-10)9(14)15/h1-6,8,11H,7,9,20H2;4-5H,2-3H2,1H3;2,4,6H,3,5H2,1H3,(H,13,14);2-3,6,14H,4-5H2,1H3,(H,12,13);2-3,6H,4-5H2,1H3;3-4H,1-2H2,(H,14,15)/t11-;;;;;/m0...../s1. The molecule has 12 aromatic rings. The van der Waals surface area contributed by atoms with Crippen LogP contribution in [0.1, 0.15) is 74.6 Å². The van der Waals surface area contributed by atoms with E-state index in [0.717, 1.165) is 110 Å². The van der Waals surface area contributed by atoms with E-state index >= 15 is 0 Å². The van der Waals surface area contributed by atoms with Crippen LogP contribution < -0.4 is 29.4 Å². The lowest BCUT2D eigenvalue weighted by atomic mass is 10.1. The minimum absolute atomic E-state index is 0.0192. The molecule has 1 atom stereocenters. The summed E-state index contributed by atoms with van der Waals surface area (Å²) in [6.45, 7) is 4.13. The van der Waals surface area contributed by atoms with Gasteiger partial charge in [0.15, 0.2) is 37.0 Å². The summed E-state index contributed by atoms with van der Waals surface area (Å²) in [6.07, 6.45) is 8.68. The number of hydrogen-bond acceptors (Lipinski definition) is 28. The van der Waals surface area contributed by atoms with Gasteiger partial charge in [-0.2, -0.15) is 25.5 Å². The van der Waals surface area contributed by atoms with Crippen molar-refractivity contribution in [2.24, 2.45) is 5.73 Å². The number of fused-ring (bicyclic) bond motifs is 10. The Hall–Kier alpha value is -10.5. The zero-order valence-corrected chi connectivity index (χ0v) is 66.6. The van der Waals surface area contributed by atoms with Gasteiger partial charge >= 0.3 is 29.8 Å². The van der Waals surface area contributed by atoms with E-state index in [-0.39, 0.29) is 60.8 Å². The number of carboxylic acids is 1. The van der Waals surface area contributed by atoms with E-state index in [2.05, 4.69) is 72.3 Å². The number of hydrogen-bond donors (Lipinski definition) is 5. The average molecular weight is 1770 g/mol. The molecule has 580 valence electrons. The van der Waals surface area contributed by atoms with E-state index in [0.29, 0.717) is 96.8 Å². The molecule has 4 aliphatic heterocycles. The minimum Gasteiger partial charge on any atom is -0.482 e. The van der Waals surface area contributed by atoms with E-state index in [1.54, 1.807) is 97.7 Å². The number of aliphatic hydroxyl groups excluding tert-OH is 1. The van der Waals surface area contributed by atoms with E-state index in [4.69, 9.17) is 65.4 Å². The quantitative estimate of drug-likeness (QED) is 0.0245. The number of halogens is 5. The highest BCUT2D eigenvalue weighted by Gasteiger charge is 2.36. The number of nitrogens with two attached hydrogens (primary N) is 1. The molecule has 0 unspecified atom stereocenters. The van der Waals surface area contributed by atoms with Gasteiger partial charge in [0.2, 0.25) is 0 Å². The van der Waals surface area contributed by atoms with Crippen molar-refractivity contribution in [2.45, 2.75) is 32.1 Å². The number of carbonyl (C=O) groups excluding carboxylic acids is 6. The number of imide groups is 1. The van der Waals surface area contributed by atoms with Crippen molar-refractivity contribution in [2.75, 3.05) is 80.5 Å². The second kappa shape index (κ2) is 38.0. The first-order valence-corrected chi connectivity index (χ1v) is 39.0. The number of aliphatic hydroxyl groups is 1. The second-order valence-corrected chi connectivity index (χ2v) is 30.1. The van der Waals surface area contributed by atoms with Crippen LogP contribution in [0.4, 0.5) is 8.78 Å². The monoisotopic (exact) mass is 1760 g/mol. The zero-order valence-electron chi connectivity index (χ0n) is 58.6. The Morgan fingerprint density at radius 1 is 0.568 bits per heavy atom. The number of carbonyl (C=O) groups is 7. The predicted molar refractivity (Wildman–Crippen MR) is 413 cm³/mol. The number of amides is 2. The Bertz CT molecular complexity index is 5170. The molecule has 2 amide bonds. The van der Waals surface area contributed by atoms with Crippen LogP contribution in [0.15, 0.2) is 131 Å². The van der Waals surface area contributed by atoms with Crippen molar-refractivity contribution in [3.63, 3.8) is 0 Å². The molecule has 4 aliphatic rings. The Morgan fingerprint density at radius 3 is 1.48 bits per heavy atom. The number of carboxylic acid groups (broad SMARTS) is 1. The van der Waals surface area contributed by atoms with E-state index < -0.39 is 29.6 Å². The lowest BCUT2D eigenvalue weighted by Crippen LogP contribution is -2.41. The summed E-state index contributed by atoms with van der Waals surface area (Å²) in [4.78, 5) is 84.8. The normalized spacial score (nSPS) is 12.7. The number of H-pyrrole nitrogens is 2. The molecule has 40 heteroatoms. The molecule has 2 aromatic carbocycles. The van der Waals surface area contributed by atoms with Crippen LogP contribution in [0.25, 0.3) is 56.3 Å². The smallest absolute Gasteiger partial charge is 0.348 e. The minimum atomic E-state index is -0.949. The van der Waals surface area contributed by atoms with Crippen LogP contribution in [-0.4, -0.2) is 193 Å². The van der Waals surface area contributed by atoms with Gasteiger partial charge in [0.25, 0.3) is 11.8 Å². The number of benzene rings is 2. The summed E-state index contributed by atoms with van der Waals surface area (Å²) < 4.78 is 79.9. The van der Waals surface area contributed by atoms with E-state index in [9.17, 15) is 42.3 Å². The van der Waals surface area contributed by atoms with Crippen molar-refractivity contribution in [3.8, 4) is 81.6 Å². The molecule has 30 nitrogen and oxygen atoms in total. The maximum atomic E-state index is 13.2. The van der Waals surface area contributed by atoms with Crippen molar-refractivity contribution >= 4 is 142 Å². The summed E-state index contributed by atoms with van der Waals surface area (Å²) in [5.74, 6) is -4.68. The molecular formula is C71H63Br2ClF2N12O18S5. The topological polar surface area (TPSA) is 383 Å². The number of alkyl halides is 1. The molecule has 16 rings (SSSR count). The third kappa shape index (κ3) is 19.3. The number of nitrogens with one attached hydrogen (secondary N) is 2. The highest BCUT2D eigenvalue weighted by atomic mass is 79.9. The predicted octanol–water partition coefficient (Wildman–Crippen LogP) is 12.8. The number of ether oxygens (including phenoxy) is 9. The summed E-state index contributed by atoms with van der Waals surface area (Å²) in [7, 11) is 5.41. The van der Waals surface area contributed by atoms with E-state index in [1.165, 1.54) is 79.9 Å². The Morgan fingerprint density at radius 2 is 1.02 bits per heavy atom.